The molecule has 0 spiro atoms. The number of hydrogen-bond acceptors (Lipinski definition) is 3. The highest BCUT2D eigenvalue weighted by molar-refractivity contribution is 5.74. The predicted octanol–water partition coefficient (Wildman–Crippen LogP) is 2.03. The normalized spacial score (nSPS) is 12.2. The smallest absolute Gasteiger partial charge is 0.0931 e. The van der Waals surface area contributed by atoms with E-state index >= 15 is 0 Å². The van der Waals surface area contributed by atoms with E-state index in [-0.39, 0.29) is 5.41 Å². The zero-order valence-electron chi connectivity index (χ0n) is 11.2. The van der Waals surface area contributed by atoms with E-state index < -0.39 is 0 Å². The molecule has 0 bridgehead atoms. The van der Waals surface area contributed by atoms with Gasteiger partial charge in [-0.3, -0.25) is 0 Å². The third-order valence-electron chi connectivity index (χ3n) is 3.34. The van der Waals surface area contributed by atoms with Gasteiger partial charge in [0.25, 0.3) is 0 Å². The Hall–Kier alpha value is -1.39. The summed E-state index contributed by atoms with van der Waals surface area (Å²) in [6, 6.07) is 6.31. The lowest BCUT2D eigenvalue weighted by Gasteiger charge is -2.22. The molecule has 0 atom stereocenters. The van der Waals surface area contributed by atoms with Gasteiger partial charge in [0.05, 0.1) is 17.4 Å². The van der Waals surface area contributed by atoms with Gasteiger partial charge >= 0.3 is 0 Å². The summed E-state index contributed by atoms with van der Waals surface area (Å²) in [7, 11) is 0. The zero-order chi connectivity index (χ0) is 13.0. The third-order valence-corrected chi connectivity index (χ3v) is 3.34. The van der Waals surface area contributed by atoms with Crippen LogP contribution in [0, 0.1) is 5.41 Å². The van der Waals surface area contributed by atoms with Crippen LogP contribution in [0.1, 0.15) is 25.8 Å². The first-order valence-electron chi connectivity index (χ1n) is 6.43. The van der Waals surface area contributed by atoms with Crippen molar-refractivity contribution in [1.29, 1.82) is 0 Å². The molecule has 1 aromatic carbocycles. The fourth-order valence-electron chi connectivity index (χ4n) is 1.85. The van der Waals surface area contributed by atoms with Gasteiger partial charge in [0.1, 0.15) is 0 Å². The van der Waals surface area contributed by atoms with Crippen LogP contribution in [-0.2, 0) is 6.54 Å². The van der Waals surface area contributed by atoms with Gasteiger partial charge in [-0.15, -0.1) is 0 Å². The number of benzene rings is 1. The lowest BCUT2D eigenvalue weighted by atomic mass is 9.90. The maximum atomic E-state index is 5.71. The summed E-state index contributed by atoms with van der Waals surface area (Å²) in [4.78, 5) is 7.34. The first kappa shape index (κ1) is 13.1. The predicted molar refractivity (Wildman–Crippen MR) is 75.3 cm³/mol. The Morgan fingerprint density at radius 3 is 3.00 bits per heavy atom. The summed E-state index contributed by atoms with van der Waals surface area (Å²) in [5, 5.41) is 3.46. The quantitative estimate of drug-likeness (QED) is 0.683. The average Bonchev–Trinajstić information content (AvgIpc) is 2.82. The molecule has 1 heterocycles. The van der Waals surface area contributed by atoms with Gasteiger partial charge in [0.2, 0.25) is 0 Å². The molecule has 0 amide bonds. The Labute approximate surface area is 108 Å². The number of H-pyrrole nitrogens is 1. The Morgan fingerprint density at radius 2 is 2.22 bits per heavy atom. The largest absolute Gasteiger partial charge is 0.345 e. The minimum atomic E-state index is 0.223. The van der Waals surface area contributed by atoms with Crippen LogP contribution in [0.2, 0.25) is 0 Å². The molecule has 2 rings (SSSR count). The van der Waals surface area contributed by atoms with E-state index in [9.17, 15) is 0 Å². The number of imidazole rings is 1. The highest BCUT2D eigenvalue weighted by Crippen LogP contribution is 2.17. The van der Waals surface area contributed by atoms with Crippen LogP contribution in [0.5, 0.6) is 0 Å². The highest BCUT2D eigenvalue weighted by atomic mass is 14.9. The highest BCUT2D eigenvalue weighted by Gasteiger charge is 2.14. The molecule has 0 aliphatic carbocycles. The van der Waals surface area contributed by atoms with Crippen molar-refractivity contribution in [3.63, 3.8) is 0 Å². The fourth-order valence-corrected chi connectivity index (χ4v) is 1.85. The summed E-state index contributed by atoms with van der Waals surface area (Å²) in [5.74, 6) is 0. The van der Waals surface area contributed by atoms with Crippen LogP contribution in [0.4, 0.5) is 0 Å². The number of aromatic nitrogens is 2. The van der Waals surface area contributed by atoms with Crippen LogP contribution >= 0.6 is 0 Å². The molecule has 0 aliphatic heterocycles. The number of fused-ring (bicyclic) bond motifs is 1. The second-order valence-corrected chi connectivity index (χ2v) is 5.55. The molecular weight excluding hydrogens is 224 g/mol. The lowest BCUT2D eigenvalue weighted by Crippen LogP contribution is -2.28. The molecule has 4 N–H and O–H groups in total. The average molecular weight is 246 g/mol. The number of nitrogens with one attached hydrogen (secondary N) is 2. The Bertz CT molecular complexity index is 501. The molecule has 0 unspecified atom stereocenters. The maximum absolute atomic E-state index is 5.71. The van der Waals surface area contributed by atoms with E-state index in [1.54, 1.807) is 6.33 Å². The molecule has 4 nitrogen and oxygen atoms in total. The first-order chi connectivity index (χ1) is 8.61. The van der Waals surface area contributed by atoms with Crippen molar-refractivity contribution in [3.05, 3.63) is 30.1 Å². The molecule has 0 saturated heterocycles. The van der Waals surface area contributed by atoms with Crippen LogP contribution in [0.3, 0.4) is 0 Å². The van der Waals surface area contributed by atoms with E-state index in [4.69, 9.17) is 5.73 Å². The summed E-state index contributed by atoms with van der Waals surface area (Å²) in [6.07, 6.45) is 2.82. The van der Waals surface area contributed by atoms with E-state index in [0.717, 1.165) is 37.1 Å². The van der Waals surface area contributed by atoms with Gasteiger partial charge in [0.15, 0.2) is 0 Å². The zero-order valence-corrected chi connectivity index (χ0v) is 11.2. The Balaban J connectivity index is 1.83. The molecular formula is C14H22N4. The van der Waals surface area contributed by atoms with Crippen molar-refractivity contribution in [3.8, 4) is 0 Å². The summed E-state index contributed by atoms with van der Waals surface area (Å²) in [5.41, 5.74) is 9.32. The number of aromatic amines is 1. The van der Waals surface area contributed by atoms with E-state index in [2.05, 4.69) is 41.3 Å². The molecule has 1 aromatic heterocycles. The van der Waals surface area contributed by atoms with E-state index in [1.807, 2.05) is 6.07 Å². The van der Waals surface area contributed by atoms with Crippen LogP contribution in [-0.4, -0.2) is 23.1 Å². The molecule has 98 valence electrons. The topological polar surface area (TPSA) is 66.7 Å². The van der Waals surface area contributed by atoms with Crippen LogP contribution in [0.15, 0.2) is 24.5 Å². The number of hydrogen-bond donors (Lipinski definition) is 3. The van der Waals surface area contributed by atoms with E-state index in [0.29, 0.717) is 0 Å². The van der Waals surface area contributed by atoms with Crippen molar-refractivity contribution >= 4 is 11.0 Å². The molecule has 0 fully saturated rings. The summed E-state index contributed by atoms with van der Waals surface area (Å²) >= 11 is 0. The SMILES string of the molecule is CC(C)(CN)CCNCc1ccc2nc[nH]c2c1. The first-order valence-corrected chi connectivity index (χ1v) is 6.43. The van der Waals surface area contributed by atoms with Crippen LogP contribution < -0.4 is 11.1 Å². The summed E-state index contributed by atoms with van der Waals surface area (Å²) in [6.45, 7) is 7.01. The van der Waals surface area contributed by atoms with Crippen molar-refractivity contribution < 1.29 is 0 Å². The second-order valence-electron chi connectivity index (χ2n) is 5.55. The van der Waals surface area contributed by atoms with Crippen molar-refractivity contribution in [1.82, 2.24) is 15.3 Å². The van der Waals surface area contributed by atoms with Crippen LogP contribution in [0.25, 0.3) is 11.0 Å². The minimum absolute atomic E-state index is 0.223. The van der Waals surface area contributed by atoms with Crippen molar-refractivity contribution in [2.45, 2.75) is 26.8 Å². The van der Waals surface area contributed by atoms with Gasteiger partial charge in [-0.05, 0) is 42.6 Å². The minimum Gasteiger partial charge on any atom is -0.345 e. The second kappa shape index (κ2) is 5.50. The molecule has 2 aromatic rings. The van der Waals surface area contributed by atoms with Gasteiger partial charge in [-0.1, -0.05) is 19.9 Å². The summed E-state index contributed by atoms with van der Waals surface area (Å²) < 4.78 is 0. The van der Waals surface area contributed by atoms with Crippen molar-refractivity contribution in [2.24, 2.45) is 11.1 Å². The van der Waals surface area contributed by atoms with Gasteiger partial charge in [0, 0.05) is 6.54 Å². The molecule has 4 heteroatoms. The monoisotopic (exact) mass is 246 g/mol. The Morgan fingerprint density at radius 1 is 1.39 bits per heavy atom. The van der Waals surface area contributed by atoms with Gasteiger partial charge in [-0.25, -0.2) is 4.98 Å². The van der Waals surface area contributed by atoms with Crippen molar-refractivity contribution in [2.75, 3.05) is 13.1 Å². The maximum Gasteiger partial charge on any atom is 0.0931 e. The molecule has 0 aliphatic rings. The Kier molecular flexibility index (Phi) is 3.99. The van der Waals surface area contributed by atoms with Gasteiger partial charge < -0.3 is 16.0 Å². The molecule has 0 radical (unpaired) electrons. The number of nitrogens with zero attached hydrogens (tertiary/aromatic N) is 1. The molecule has 18 heavy (non-hydrogen) atoms. The van der Waals surface area contributed by atoms with Gasteiger partial charge in [-0.2, -0.15) is 0 Å². The third kappa shape index (κ3) is 3.31. The standard InChI is InChI=1S/C14H22N4/c1-14(2,9-15)5-6-16-8-11-3-4-12-13(7-11)18-10-17-12/h3-4,7,10,16H,5-6,8-9,15H2,1-2H3,(H,17,18). The van der Waals surface area contributed by atoms with E-state index in [1.165, 1.54) is 5.56 Å². The molecule has 0 saturated carbocycles. The lowest BCUT2D eigenvalue weighted by molar-refractivity contribution is 0.339. The fraction of sp³-hybridized carbons (Fsp3) is 0.500. The number of rotatable bonds is 6. The number of nitrogens with two attached hydrogens (primary N) is 1.